The summed E-state index contributed by atoms with van der Waals surface area (Å²) in [5.74, 6) is -0.260. The summed E-state index contributed by atoms with van der Waals surface area (Å²) in [6, 6.07) is 9.88. The number of nitrogens with zero attached hydrogens (tertiary/aromatic N) is 1. The Morgan fingerprint density at radius 1 is 1.08 bits per heavy atom. The molecule has 0 saturated carbocycles. The molecule has 1 N–H and O–H groups in total. The molecule has 138 valence electrons. The smallest absolute Gasteiger partial charge is 0.257 e. The molecule has 2 aromatic carbocycles. The Hall–Kier alpha value is -1.76. The molecule has 8 heteroatoms. The molecule has 2 aromatic rings. The van der Waals surface area contributed by atoms with Crippen molar-refractivity contribution in [2.75, 3.05) is 21.9 Å². The van der Waals surface area contributed by atoms with Crippen molar-refractivity contribution in [3.05, 3.63) is 57.6 Å². The third-order valence-electron chi connectivity index (χ3n) is 4.26. The molecule has 0 spiro atoms. The van der Waals surface area contributed by atoms with Gasteiger partial charge in [-0.05, 0) is 55.7 Å². The fraction of sp³-hybridized carbons (Fsp3) is 0.278. The third kappa shape index (κ3) is 3.98. The van der Waals surface area contributed by atoms with Gasteiger partial charge in [-0.25, -0.2) is 8.42 Å². The van der Waals surface area contributed by atoms with Gasteiger partial charge in [-0.3, -0.25) is 9.10 Å². The maximum absolute atomic E-state index is 12.5. The molecule has 1 fully saturated rings. The number of sulfonamides is 1. The lowest BCUT2D eigenvalue weighted by atomic mass is 10.1. The number of aryl methyl sites for hydroxylation is 1. The Balaban J connectivity index is 1.83. The minimum atomic E-state index is -3.32. The fourth-order valence-corrected chi connectivity index (χ4v) is 4.86. The molecule has 0 aromatic heterocycles. The predicted octanol–water partition coefficient (Wildman–Crippen LogP) is 4.48. The molecule has 0 bridgehead atoms. The van der Waals surface area contributed by atoms with Gasteiger partial charge in [-0.2, -0.15) is 0 Å². The first-order valence-corrected chi connectivity index (χ1v) is 10.5. The van der Waals surface area contributed by atoms with E-state index in [9.17, 15) is 13.2 Å². The lowest BCUT2D eigenvalue weighted by Gasteiger charge is -2.28. The van der Waals surface area contributed by atoms with Gasteiger partial charge in [0.2, 0.25) is 10.0 Å². The van der Waals surface area contributed by atoms with Crippen molar-refractivity contribution < 1.29 is 13.2 Å². The van der Waals surface area contributed by atoms with E-state index < -0.39 is 10.0 Å². The predicted molar refractivity (Wildman–Crippen MR) is 106 cm³/mol. The Bertz CT molecular complexity index is 961. The van der Waals surface area contributed by atoms with Crippen LogP contribution in [0.4, 0.5) is 11.4 Å². The fourth-order valence-electron chi connectivity index (χ4n) is 2.79. The summed E-state index contributed by atoms with van der Waals surface area (Å²) in [4.78, 5) is 12.5. The number of hydrogen-bond donors (Lipinski definition) is 1. The SMILES string of the molecule is Cc1ccc(NC(=O)c2ccc(N3CCCCS3(=O)=O)cc2Cl)cc1Cl. The lowest BCUT2D eigenvalue weighted by Crippen LogP contribution is -2.37. The van der Waals surface area contributed by atoms with Gasteiger partial charge in [0.15, 0.2) is 0 Å². The van der Waals surface area contributed by atoms with Crippen molar-refractivity contribution in [3.8, 4) is 0 Å². The molecule has 0 aliphatic carbocycles. The molecular formula is C18H18Cl2N2O3S. The Morgan fingerprint density at radius 3 is 2.50 bits per heavy atom. The lowest BCUT2D eigenvalue weighted by molar-refractivity contribution is 0.102. The maximum Gasteiger partial charge on any atom is 0.257 e. The summed E-state index contributed by atoms with van der Waals surface area (Å²) in [6.45, 7) is 2.30. The number of nitrogens with one attached hydrogen (secondary N) is 1. The highest BCUT2D eigenvalue weighted by Gasteiger charge is 2.26. The molecular weight excluding hydrogens is 395 g/mol. The molecule has 3 rings (SSSR count). The molecule has 1 amide bonds. The maximum atomic E-state index is 12.5. The largest absolute Gasteiger partial charge is 0.322 e. The van der Waals surface area contributed by atoms with Crippen molar-refractivity contribution >= 4 is 50.5 Å². The van der Waals surface area contributed by atoms with Gasteiger partial charge >= 0.3 is 0 Å². The van der Waals surface area contributed by atoms with E-state index in [2.05, 4.69) is 5.32 Å². The van der Waals surface area contributed by atoms with Crippen LogP contribution in [-0.2, 0) is 10.0 Å². The summed E-state index contributed by atoms with van der Waals surface area (Å²) >= 11 is 12.3. The van der Waals surface area contributed by atoms with E-state index in [1.165, 1.54) is 16.4 Å². The molecule has 0 unspecified atom stereocenters. The highest BCUT2D eigenvalue weighted by molar-refractivity contribution is 7.92. The van der Waals surface area contributed by atoms with Crippen LogP contribution in [0.3, 0.4) is 0 Å². The summed E-state index contributed by atoms with van der Waals surface area (Å²) in [5, 5.41) is 3.49. The van der Waals surface area contributed by atoms with Crippen LogP contribution < -0.4 is 9.62 Å². The van der Waals surface area contributed by atoms with E-state index in [4.69, 9.17) is 23.2 Å². The highest BCUT2D eigenvalue weighted by Crippen LogP contribution is 2.29. The molecule has 1 aliphatic heterocycles. The Kier molecular flexibility index (Phi) is 5.46. The van der Waals surface area contributed by atoms with Crippen molar-refractivity contribution in [1.29, 1.82) is 0 Å². The molecule has 1 aliphatic rings. The van der Waals surface area contributed by atoms with Crippen LogP contribution in [0.25, 0.3) is 0 Å². The standard InChI is InChI=1S/C18H18Cl2N2O3S/c1-12-4-5-13(10-16(12)19)21-18(23)15-7-6-14(11-17(15)20)22-8-2-3-9-26(22,24)25/h4-7,10-11H,2-3,8-9H2,1H3,(H,21,23). The minimum Gasteiger partial charge on any atom is -0.322 e. The topological polar surface area (TPSA) is 66.5 Å². The van der Waals surface area contributed by atoms with Gasteiger partial charge in [0.1, 0.15) is 0 Å². The average molecular weight is 413 g/mol. The molecule has 1 saturated heterocycles. The van der Waals surface area contributed by atoms with Gasteiger partial charge in [0.25, 0.3) is 5.91 Å². The van der Waals surface area contributed by atoms with Gasteiger partial charge in [-0.1, -0.05) is 29.3 Å². The van der Waals surface area contributed by atoms with Crippen LogP contribution >= 0.6 is 23.2 Å². The summed E-state index contributed by atoms with van der Waals surface area (Å²) in [5.41, 5.74) is 2.21. The monoisotopic (exact) mass is 412 g/mol. The molecule has 26 heavy (non-hydrogen) atoms. The zero-order valence-corrected chi connectivity index (χ0v) is 16.5. The molecule has 0 atom stereocenters. The van der Waals surface area contributed by atoms with Gasteiger partial charge < -0.3 is 5.32 Å². The van der Waals surface area contributed by atoms with Crippen LogP contribution in [0, 0.1) is 6.92 Å². The zero-order chi connectivity index (χ0) is 18.9. The van der Waals surface area contributed by atoms with Crippen LogP contribution in [0.2, 0.25) is 10.0 Å². The molecule has 5 nitrogen and oxygen atoms in total. The number of amides is 1. The van der Waals surface area contributed by atoms with E-state index in [-0.39, 0.29) is 22.2 Å². The van der Waals surface area contributed by atoms with E-state index >= 15 is 0 Å². The van der Waals surface area contributed by atoms with Crippen LogP contribution in [-0.4, -0.2) is 26.6 Å². The number of anilines is 2. The second kappa shape index (κ2) is 7.47. The Morgan fingerprint density at radius 2 is 1.85 bits per heavy atom. The number of benzene rings is 2. The molecule has 0 radical (unpaired) electrons. The Labute approximate surface area is 163 Å². The summed E-state index contributed by atoms with van der Waals surface area (Å²) in [7, 11) is -3.32. The first-order chi connectivity index (χ1) is 12.3. The first-order valence-electron chi connectivity index (χ1n) is 8.15. The number of carbonyl (C=O) groups is 1. The van der Waals surface area contributed by atoms with Crippen molar-refractivity contribution in [1.82, 2.24) is 0 Å². The summed E-state index contributed by atoms with van der Waals surface area (Å²) in [6.07, 6.45) is 1.46. The highest BCUT2D eigenvalue weighted by atomic mass is 35.5. The number of hydrogen-bond acceptors (Lipinski definition) is 3. The number of rotatable bonds is 3. The van der Waals surface area contributed by atoms with E-state index in [0.717, 1.165) is 12.0 Å². The van der Waals surface area contributed by atoms with Crippen molar-refractivity contribution in [3.63, 3.8) is 0 Å². The number of carbonyl (C=O) groups excluding carboxylic acids is 1. The average Bonchev–Trinajstić information content (AvgIpc) is 2.57. The van der Waals surface area contributed by atoms with Gasteiger partial charge in [-0.15, -0.1) is 0 Å². The van der Waals surface area contributed by atoms with Crippen LogP contribution in [0.15, 0.2) is 36.4 Å². The second-order valence-electron chi connectivity index (χ2n) is 6.18. The van der Waals surface area contributed by atoms with E-state index in [1.807, 2.05) is 13.0 Å². The third-order valence-corrected chi connectivity index (χ3v) is 6.85. The van der Waals surface area contributed by atoms with Gasteiger partial charge in [0.05, 0.1) is 22.0 Å². The minimum absolute atomic E-state index is 0.126. The van der Waals surface area contributed by atoms with E-state index in [1.54, 1.807) is 18.2 Å². The second-order valence-corrected chi connectivity index (χ2v) is 9.00. The molecule has 1 heterocycles. The van der Waals surface area contributed by atoms with Crippen molar-refractivity contribution in [2.24, 2.45) is 0 Å². The summed E-state index contributed by atoms with van der Waals surface area (Å²) < 4.78 is 25.8. The van der Waals surface area contributed by atoms with E-state index in [0.29, 0.717) is 29.4 Å². The van der Waals surface area contributed by atoms with Gasteiger partial charge in [0, 0.05) is 17.3 Å². The first kappa shape index (κ1) is 19.0. The normalized spacial score (nSPS) is 16.3. The zero-order valence-electron chi connectivity index (χ0n) is 14.1. The van der Waals surface area contributed by atoms with Crippen LogP contribution in [0.1, 0.15) is 28.8 Å². The number of halogens is 2. The van der Waals surface area contributed by atoms with Crippen molar-refractivity contribution in [2.45, 2.75) is 19.8 Å². The quantitative estimate of drug-likeness (QED) is 0.807. The van der Waals surface area contributed by atoms with Crippen LogP contribution in [0.5, 0.6) is 0 Å².